The predicted octanol–water partition coefficient (Wildman–Crippen LogP) is 2.77. The van der Waals surface area contributed by atoms with E-state index in [-0.39, 0.29) is 6.42 Å². The maximum atomic E-state index is 10.7. The van der Waals surface area contributed by atoms with Crippen molar-refractivity contribution >= 4 is 5.97 Å². The van der Waals surface area contributed by atoms with Gasteiger partial charge in [-0.05, 0) is 26.8 Å². The lowest BCUT2D eigenvalue weighted by atomic mass is 10.1. The van der Waals surface area contributed by atoms with Crippen molar-refractivity contribution in [2.45, 2.75) is 39.8 Å². The Morgan fingerprint density at radius 3 is 2.63 bits per heavy atom. The number of hydrogen-bond donors (Lipinski definition) is 1. The first-order valence-corrected chi connectivity index (χ1v) is 6.71. The van der Waals surface area contributed by atoms with Crippen LogP contribution in [0, 0.1) is 0 Å². The van der Waals surface area contributed by atoms with Gasteiger partial charge in [0, 0.05) is 24.7 Å². The molecule has 4 heteroatoms. The number of carboxylic acids is 1. The van der Waals surface area contributed by atoms with Crippen molar-refractivity contribution < 1.29 is 14.6 Å². The molecule has 0 aliphatic rings. The molecule has 0 fully saturated rings. The third-order valence-electron chi connectivity index (χ3n) is 2.99. The first-order valence-electron chi connectivity index (χ1n) is 6.71. The average Bonchev–Trinajstić information content (AvgIpc) is 2.36. The highest BCUT2D eigenvalue weighted by Crippen LogP contribution is 2.20. The molecule has 1 rings (SSSR count). The monoisotopic (exact) mass is 265 g/mol. The standard InChI is InChI=1S/C15H23NO3/c1-4-19-14-8-6-5-7-13(14)11-16(12(2)3)10-9-15(17)18/h5-8,12H,4,9-11H2,1-3H3,(H,17,18). The molecule has 1 N–H and O–H groups in total. The van der Waals surface area contributed by atoms with Crippen LogP contribution < -0.4 is 4.74 Å². The Kier molecular flexibility index (Phi) is 6.36. The van der Waals surface area contributed by atoms with Crippen LogP contribution in [0.5, 0.6) is 5.75 Å². The molecule has 0 radical (unpaired) electrons. The minimum Gasteiger partial charge on any atom is -0.494 e. The Balaban J connectivity index is 2.75. The smallest absolute Gasteiger partial charge is 0.304 e. The maximum Gasteiger partial charge on any atom is 0.304 e. The van der Waals surface area contributed by atoms with Gasteiger partial charge in [-0.3, -0.25) is 9.69 Å². The lowest BCUT2D eigenvalue weighted by Crippen LogP contribution is -2.32. The SMILES string of the molecule is CCOc1ccccc1CN(CCC(=O)O)C(C)C. The van der Waals surface area contributed by atoms with Crippen LogP contribution in [0.15, 0.2) is 24.3 Å². The Bertz CT molecular complexity index is 404. The fraction of sp³-hybridized carbons (Fsp3) is 0.533. The van der Waals surface area contributed by atoms with E-state index >= 15 is 0 Å². The second-order valence-electron chi connectivity index (χ2n) is 4.75. The van der Waals surface area contributed by atoms with Crippen molar-refractivity contribution in [3.8, 4) is 5.75 Å². The van der Waals surface area contributed by atoms with Crippen molar-refractivity contribution in [2.24, 2.45) is 0 Å². The van der Waals surface area contributed by atoms with Gasteiger partial charge in [-0.25, -0.2) is 0 Å². The quantitative estimate of drug-likeness (QED) is 0.785. The van der Waals surface area contributed by atoms with Crippen LogP contribution in [0.1, 0.15) is 32.8 Å². The summed E-state index contributed by atoms with van der Waals surface area (Å²) in [4.78, 5) is 12.8. The minimum absolute atomic E-state index is 0.162. The zero-order valence-electron chi connectivity index (χ0n) is 11.9. The van der Waals surface area contributed by atoms with Crippen LogP contribution in [0.4, 0.5) is 0 Å². The van der Waals surface area contributed by atoms with E-state index in [1.165, 1.54) is 0 Å². The van der Waals surface area contributed by atoms with Crippen LogP contribution in [-0.2, 0) is 11.3 Å². The number of para-hydroxylation sites is 1. The fourth-order valence-electron chi connectivity index (χ4n) is 1.91. The summed E-state index contributed by atoms with van der Waals surface area (Å²) in [7, 11) is 0. The van der Waals surface area contributed by atoms with Gasteiger partial charge in [0.2, 0.25) is 0 Å². The summed E-state index contributed by atoms with van der Waals surface area (Å²) < 4.78 is 5.60. The summed E-state index contributed by atoms with van der Waals surface area (Å²) in [5.41, 5.74) is 1.10. The topological polar surface area (TPSA) is 49.8 Å². The first-order chi connectivity index (χ1) is 9.04. The normalized spacial score (nSPS) is 11.0. The van der Waals surface area contributed by atoms with Crippen LogP contribution >= 0.6 is 0 Å². The largest absolute Gasteiger partial charge is 0.494 e. The van der Waals surface area contributed by atoms with E-state index in [4.69, 9.17) is 9.84 Å². The number of ether oxygens (including phenoxy) is 1. The lowest BCUT2D eigenvalue weighted by Gasteiger charge is -2.26. The van der Waals surface area contributed by atoms with Gasteiger partial charge >= 0.3 is 5.97 Å². The van der Waals surface area contributed by atoms with Crippen molar-refractivity contribution in [3.63, 3.8) is 0 Å². The average molecular weight is 265 g/mol. The van der Waals surface area contributed by atoms with Crippen LogP contribution in [-0.4, -0.2) is 35.2 Å². The number of benzene rings is 1. The molecular weight excluding hydrogens is 242 g/mol. The Morgan fingerprint density at radius 1 is 1.37 bits per heavy atom. The van der Waals surface area contributed by atoms with E-state index < -0.39 is 5.97 Å². The Labute approximate surface area is 115 Å². The predicted molar refractivity (Wildman–Crippen MR) is 75.4 cm³/mol. The van der Waals surface area contributed by atoms with Crippen molar-refractivity contribution in [2.75, 3.05) is 13.2 Å². The molecule has 0 aliphatic heterocycles. The zero-order valence-corrected chi connectivity index (χ0v) is 11.9. The third kappa shape index (κ3) is 5.30. The molecule has 0 saturated heterocycles. The van der Waals surface area contributed by atoms with Gasteiger partial charge in [0.05, 0.1) is 13.0 Å². The summed E-state index contributed by atoms with van der Waals surface area (Å²) in [6, 6.07) is 8.21. The molecule has 1 aromatic rings. The Morgan fingerprint density at radius 2 is 2.05 bits per heavy atom. The van der Waals surface area contributed by atoms with Gasteiger partial charge in [-0.15, -0.1) is 0 Å². The fourth-order valence-corrected chi connectivity index (χ4v) is 1.91. The van der Waals surface area contributed by atoms with E-state index in [0.29, 0.717) is 25.7 Å². The molecule has 0 unspecified atom stereocenters. The number of carbonyl (C=O) groups is 1. The van der Waals surface area contributed by atoms with Crippen LogP contribution in [0.3, 0.4) is 0 Å². The number of nitrogens with zero attached hydrogens (tertiary/aromatic N) is 1. The third-order valence-corrected chi connectivity index (χ3v) is 2.99. The highest BCUT2D eigenvalue weighted by Gasteiger charge is 2.14. The molecule has 0 amide bonds. The molecule has 0 aromatic heterocycles. The summed E-state index contributed by atoms with van der Waals surface area (Å²) >= 11 is 0. The molecule has 0 spiro atoms. The molecule has 0 saturated carbocycles. The van der Waals surface area contributed by atoms with E-state index in [1.807, 2.05) is 31.2 Å². The van der Waals surface area contributed by atoms with E-state index in [0.717, 1.165) is 11.3 Å². The van der Waals surface area contributed by atoms with Crippen molar-refractivity contribution in [3.05, 3.63) is 29.8 Å². The second kappa shape index (κ2) is 7.79. The Hall–Kier alpha value is -1.55. The van der Waals surface area contributed by atoms with Gasteiger partial charge in [-0.1, -0.05) is 18.2 Å². The van der Waals surface area contributed by atoms with Gasteiger partial charge in [0.15, 0.2) is 0 Å². The molecule has 0 atom stereocenters. The summed E-state index contributed by atoms with van der Waals surface area (Å²) in [6.07, 6.45) is 0.162. The summed E-state index contributed by atoms with van der Waals surface area (Å²) in [5, 5.41) is 8.80. The number of rotatable bonds is 8. The number of aliphatic carboxylic acids is 1. The molecule has 1 aromatic carbocycles. The number of hydrogen-bond acceptors (Lipinski definition) is 3. The highest BCUT2D eigenvalue weighted by atomic mass is 16.5. The maximum absolute atomic E-state index is 10.7. The van der Waals surface area contributed by atoms with Crippen LogP contribution in [0.25, 0.3) is 0 Å². The van der Waals surface area contributed by atoms with E-state index in [2.05, 4.69) is 18.7 Å². The molecule has 19 heavy (non-hydrogen) atoms. The molecule has 4 nitrogen and oxygen atoms in total. The summed E-state index contributed by atoms with van der Waals surface area (Å²) in [6.45, 7) is 8.00. The van der Waals surface area contributed by atoms with Gasteiger partial charge in [-0.2, -0.15) is 0 Å². The second-order valence-corrected chi connectivity index (χ2v) is 4.75. The molecule has 0 heterocycles. The van der Waals surface area contributed by atoms with E-state index in [1.54, 1.807) is 0 Å². The molecule has 0 aliphatic carbocycles. The lowest BCUT2D eigenvalue weighted by molar-refractivity contribution is -0.137. The van der Waals surface area contributed by atoms with Crippen molar-refractivity contribution in [1.82, 2.24) is 4.90 Å². The van der Waals surface area contributed by atoms with Crippen LogP contribution in [0.2, 0.25) is 0 Å². The van der Waals surface area contributed by atoms with Gasteiger partial charge in [0.25, 0.3) is 0 Å². The zero-order chi connectivity index (χ0) is 14.3. The minimum atomic E-state index is -0.760. The molecule has 106 valence electrons. The van der Waals surface area contributed by atoms with Gasteiger partial charge in [0.1, 0.15) is 5.75 Å². The summed E-state index contributed by atoms with van der Waals surface area (Å²) in [5.74, 6) is 0.120. The number of carboxylic acid groups (broad SMARTS) is 1. The van der Waals surface area contributed by atoms with Gasteiger partial charge < -0.3 is 9.84 Å². The highest BCUT2D eigenvalue weighted by molar-refractivity contribution is 5.66. The van der Waals surface area contributed by atoms with Crippen molar-refractivity contribution in [1.29, 1.82) is 0 Å². The first kappa shape index (κ1) is 15.5. The molecular formula is C15H23NO3. The molecule has 0 bridgehead atoms. The van der Waals surface area contributed by atoms with E-state index in [9.17, 15) is 4.79 Å².